The van der Waals surface area contributed by atoms with Crippen molar-refractivity contribution in [2.45, 2.75) is 9.79 Å². The van der Waals surface area contributed by atoms with Gasteiger partial charge in [0.05, 0.1) is 0 Å². The molecule has 13 heavy (non-hydrogen) atoms. The molecule has 1 aliphatic heterocycles. The van der Waals surface area contributed by atoms with E-state index in [9.17, 15) is 0 Å². The zero-order valence-electron chi connectivity index (χ0n) is 6.69. The molecular formula is C10H6S3. The van der Waals surface area contributed by atoms with E-state index in [0.29, 0.717) is 0 Å². The van der Waals surface area contributed by atoms with Crippen LogP contribution in [0, 0.1) is 0 Å². The molecule has 0 spiro atoms. The van der Waals surface area contributed by atoms with Crippen molar-refractivity contribution in [3.8, 4) is 0 Å². The van der Waals surface area contributed by atoms with Gasteiger partial charge in [-0.15, -0.1) is 0 Å². The highest BCUT2D eigenvalue weighted by Crippen LogP contribution is 2.56. The Morgan fingerprint density at radius 2 is 1.31 bits per heavy atom. The van der Waals surface area contributed by atoms with E-state index in [-0.39, 0.29) is 0 Å². The summed E-state index contributed by atoms with van der Waals surface area (Å²) < 4.78 is 0. The van der Waals surface area contributed by atoms with Crippen LogP contribution >= 0.6 is 31.4 Å². The van der Waals surface area contributed by atoms with Crippen LogP contribution in [-0.2, 0) is 0 Å². The van der Waals surface area contributed by atoms with Crippen molar-refractivity contribution >= 4 is 42.2 Å². The second-order valence-corrected chi connectivity index (χ2v) is 6.86. The molecule has 1 heterocycles. The second kappa shape index (κ2) is 3.15. The maximum absolute atomic E-state index is 2.28. The summed E-state index contributed by atoms with van der Waals surface area (Å²) in [7, 11) is 5.57. The van der Waals surface area contributed by atoms with Crippen LogP contribution in [-0.4, -0.2) is 0 Å². The minimum absolute atomic E-state index is 1.34. The summed E-state index contributed by atoms with van der Waals surface area (Å²) in [5, 5.41) is 2.69. The first-order valence-electron chi connectivity index (χ1n) is 3.97. The molecule has 0 atom stereocenters. The van der Waals surface area contributed by atoms with E-state index in [1.165, 1.54) is 20.6 Å². The first-order valence-corrected chi connectivity index (χ1v) is 7.46. The van der Waals surface area contributed by atoms with E-state index in [1.54, 1.807) is 0 Å². The second-order valence-electron chi connectivity index (χ2n) is 2.88. The van der Waals surface area contributed by atoms with Crippen LogP contribution in [0.3, 0.4) is 0 Å². The molecule has 2 aromatic rings. The lowest BCUT2D eigenvalue weighted by atomic mass is 10.1. The predicted molar refractivity (Wildman–Crippen MR) is 63.3 cm³/mol. The van der Waals surface area contributed by atoms with Crippen molar-refractivity contribution in [3.05, 3.63) is 36.4 Å². The molecule has 0 radical (unpaired) electrons. The Morgan fingerprint density at radius 3 is 1.85 bits per heavy atom. The van der Waals surface area contributed by atoms with E-state index >= 15 is 0 Å². The first kappa shape index (κ1) is 8.09. The zero-order chi connectivity index (χ0) is 8.67. The molecule has 0 saturated heterocycles. The largest absolute Gasteiger partial charge is 0.0616 e. The van der Waals surface area contributed by atoms with Gasteiger partial charge in [-0.05, 0) is 54.3 Å². The minimum Gasteiger partial charge on any atom is -0.0616 e. The Balaban J connectivity index is 2.36. The van der Waals surface area contributed by atoms with Gasteiger partial charge in [0.2, 0.25) is 0 Å². The third-order valence-corrected chi connectivity index (χ3v) is 6.07. The molecule has 0 saturated carbocycles. The van der Waals surface area contributed by atoms with Gasteiger partial charge in [-0.25, -0.2) is 0 Å². The molecule has 0 fully saturated rings. The smallest absolute Gasteiger partial charge is 0.0342 e. The van der Waals surface area contributed by atoms with E-state index in [4.69, 9.17) is 0 Å². The van der Waals surface area contributed by atoms with Gasteiger partial charge in [0.1, 0.15) is 0 Å². The Bertz CT molecular complexity index is 422. The van der Waals surface area contributed by atoms with E-state index < -0.39 is 0 Å². The number of hydrogen-bond acceptors (Lipinski definition) is 3. The molecule has 0 aromatic heterocycles. The maximum Gasteiger partial charge on any atom is 0.0342 e. The molecule has 3 rings (SSSR count). The van der Waals surface area contributed by atoms with Crippen molar-refractivity contribution in [3.63, 3.8) is 0 Å². The Kier molecular flexibility index (Phi) is 1.96. The summed E-state index contributed by atoms with van der Waals surface area (Å²) in [6.45, 7) is 0. The summed E-state index contributed by atoms with van der Waals surface area (Å²) in [5.41, 5.74) is 0. The molecule has 0 nitrogen and oxygen atoms in total. The standard InChI is InChI=1S/C10H6S3/c1-2-4-8-6-10-9(11-13-12-10)5-7(8)3-1/h1-6H. The normalized spacial score (nSPS) is 14.8. The Morgan fingerprint density at radius 1 is 0.769 bits per heavy atom. The third kappa shape index (κ3) is 1.35. The maximum atomic E-state index is 2.28. The van der Waals surface area contributed by atoms with Crippen LogP contribution in [0.2, 0.25) is 0 Å². The molecule has 1 aliphatic rings. The summed E-state index contributed by atoms with van der Waals surface area (Å²) in [6.07, 6.45) is 0. The zero-order valence-corrected chi connectivity index (χ0v) is 9.14. The number of fused-ring (bicyclic) bond motifs is 2. The highest BCUT2D eigenvalue weighted by Gasteiger charge is 2.13. The van der Waals surface area contributed by atoms with E-state index in [2.05, 4.69) is 36.4 Å². The summed E-state index contributed by atoms with van der Waals surface area (Å²) in [5.74, 6) is 0. The monoisotopic (exact) mass is 222 g/mol. The molecule has 2 aromatic carbocycles. The fourth-order valence-electron chi connectivity index (χ4n) is 1.42. The molecular weight excluding hydrogens is 216 g/mol. The molecule has 0 amide bonds. The van der Waals surface area contributed by atoms with E-state index in [1.807, 2.05) is 31.4 Å². The molecule has 0 unspecified atom stereocenters. The first-order chi connectivity index (χ1) is 6.43. The lowest BCUT2D eigenvalue weighted by Gasteiger charge is -1.99. The Hall–Kier alpha value is -0.250. The molecule has 0 N–H and O–H groups in total. The summed E-state index contributed by atoms with van der Waals surface area (Å²) in [4.78, 5) is 2.82. The minimum atomic E-state index is 1.34. The van der Waals surface area contributed by atoms with Gasteiger partial charge in [0, 0.05) is 9.79 Å². The van der Waals surface area contributed by atoms with Crippen molar-refractivity contribution < 1.29 is 0 Å². The number of benzene rings is 2. The molecule has 0 aliphatic carbocycles. The van der Waals surface area contributed by atoms with Gasteiger partial charge in [-0.2, -0.15) is 0 Å². The lowest BCUT2D eigenvalue weighted by Crippen LogP contribution is -1.74. The number of rotatable bonds is 0. The highest BCUT2D eigenvalue weighted by atomic mass is 33.5. The highest BCUT2D eigenvalue weighted by molar-refractivity contribution is 9.10. The molecule has 3 heteroatoms. The van der Waals surface area contributed by atoms with Crippen LogP contribution in [0.5, 0.6) is 0 Å². The van der Waals surface area contributed by atoms with Gasteiger partial charge >= 0.3 is 0 Å². The van der Waals surface area contributed by atoms with Crippen LogP contribution < -0.4 is 0 Å². The topological polar surface area (TPSA) is 0 Å². The van der Waals surface area contributed by atoms with Crippen molar-refractivity contribution in [1.29, 1.82) is 0 Å². The van der Waals surface area contributed by atoms with Gasteiger partial charge in [-0.1, -0.05) is 24.3 Å². The third-order valence-electron chi connectivity index (χ3n) is 2.06. The predicted octanol–water partition coefficient (Wildman–Crippen LogP) is 4.60. The van der Waals surface area contributed by atoms with Crippen LogP contribution in [0.1, 0.15) is 0 Å². The van der Waals surface area contributed by atoms with Crippen LogP contribution in [0.4, 0.5) is 0 Å². The van der Waals surface area contributed by atoms with Gasteiger partial charge in [0.25, 0.3) is 0 Å². The molecule has 0 bridgehead atoms. The van der Waals surface area contributed by atoms with Gasteiger partial charge in [0.15, 0.2) is 0 Å². The van der Waals surface area contributed by atoms with E-state index in [0.717, 1.165) is 0 Å². The number of hydrogen-bond donors (Lipinski definition) is 0. The van der Waals surface area contributed by atoms with Gasteiger partial charge < -0.3 is 0 Å². The lowest BCUT2D eigenvalue weighted by molar-refractivity contribution is 1.30. The molecule has 64 valence electrons. The average Bonchev–Trinajstić information content (AvgIpc) is 2.61. The SMILES string of the molecule is c1ccc2cc3c(cc2c1)SSS3. The fourth-order valence-corrected chi connectivity index (χ4v) is 5.79. The summed E-state index contributed by atoms with van der Waals surface area (Å²) >= 11 is 0. The van der Waals surface area contributed by atoms with Gasteiger partial charge in [-0.3, -0.25) is 0 Å². The van der Waals surface area contributed by atoms with Crippen molar-refractivity contribution in [1.82, 2.24) is 0 Å². The van der Waals surface area contributed by atoms with Crippen LogP contribution in [0.15, 0.2) is 46.2 Å². The van der Waals surface area contributed by atoms with Crippen LogP contribution in [0.25, 0.3) is 10.8 Å². The summed E-state index contributed by atoms with van der Waals surface area (Å²) in [6, 6.07) is 13.1. The Labute approximate surface area is 88.3 Å². The van der Waals surface area contributed by atoms with Crippen molar-refractivity contribution in [2.75, 3.05) is 0 Å². The quantitative estimate of drug-likeness (QED) is 0.598. The average molecular weight is 222 g/mol. The fraction of sp³-hybridized carbons (Fsp3) is 0. The van der Waals surface area contributed by atoms with Crippen molar-refractivity contribution in [2.24, 2.45) is 0 Å².